The summed E-state index contributed by atoms with van der Waals surface area (Å²) in [6, 6.07) is 18.8. The molecule has 5 rings (SSSR count). The molecule has 0 N–H and O–H groups in total. The van der Waals surface area contributed by atoms with Crippen molar-refractivity contribution in [2.75, 3.05) is 57.5 Å². The molecule has 0 radical (unpaired) electrons. The molecule has 3 aromatic rings. The van der Waals surface area contributed by atoms with Crippen LogP contribution in [-0.4, -0.2) is 72.9 Å². The number of hydrogen-bond acceptors (Lipinski definition) is 7. The Bertz CT molecular complexity index is 1220. The van der Waals surface area contributed by atoms with E-state index in [4.69, 9.17) is 14.7 Å². The molecule has 0 amide bonds. The Balaban J connectivity index is 1.08. The fraction of sp³-hybridized carbons (Fsp3) is 0.385. The molecule has 1 fully saturated rings. The number of ether oxygens (including phenoxy) is 1. The highest BCUT2D eigenvalue weighted by Gasteiger charge is 2.19. The van der Waals surface area contributed by atoms with Crippen molar-refractivity contribution in [1.82, 2.24) is 14.8 Å². The van der Waals surface area contributed by atoms with Crippen LogP contribution in [0.3, 0.4) is 0 Å². The molecule has 172 valence electrons. The average Bonchev–Trinajstić information content (AvgIpc) is 2.86. The molecular formula is C26H31N5OS. The summed E-state index contributed by atoms with van der Waals surface area (Å²) in [5.41, 5.74) is 1.22. The number of methoxy groups -OCH3 is 1. The summed E-state index contributed by atoms with van der Waals surface area (Å²) in [5.74, 6) is 3.07. The minimum atomic E-state index is 0.140. The minimum absolute atomic E-state index is 0.140. The van der Waals surface area contributed by atoms with E-state index in [1.807, 2.05) is 23.9 Å². The molecule has 1 unspecified atom stereocenters. The van der Waals surface area contributed by atoms with E-state index in [0.29, 0.717) is 0 Å². The molecule has 0 saturated carbocycles. The number of pyridine rings is 1. The maximum absolute atomic E-state index is 5.33. The SMILES string of the molecule is COc1ccc2c(c1)=CN(C)C(SCCCN1CCN(c3ccc4ccccc4n3)CC1)N=2. The molecule has 0 spiro atoms. The van der Waals surface area contributed by atoms with E-state index in [0.717, 1.165) is 66.1 Å². The normalized spacial score (nSPS) is 18.5. The minimum Gasteiger partial charge on any atom is -0.497 e. The van der Waals surface area contributed by atoms with Gasteiger partial charge in [-0.05, 0) is 55.1 Å². The van der Waals surface area contributed by atoms with Gasteiger partial charge in [-0.25, -0.2) is 9.98 Å². The van der Waals surface area contributed by atoms with Crippen LogP contribution in [0.2, 0.25) is 0 Å². The number of nitrogens with zero attached hydrogens (tertiary/aromatic N) is 5. The van der Waals surface area contributed by atoms with Gasteiger partial charge in [0.2, 0.25) is 0 Å². The van der Waals surface area contributed by atoms with Crippen LogP contribution in [0.15, 0.2) is 59.6 Å². The van der Waals surface area contributed by atoms with Crippen molar-refractivity contribution in [3.63, 3.8) is 0 Å². The van der Waals surface area contributed by atoms with E-state index < -0.39 is 0 Å². The smallest absolute Gasteiger partial charge is 0.169 e. The van der Waals surface area contributed by atoms with E-state index in [9.17, 15) is 0 Å². The Morgan fingerprint density at radius 3 is 2.73 bits per heavy atom. The molecule has 33 heavy (non-hydrogen) atoms. The van der Waals surface area contributed by atoms with Crippen LogP contribution in [0.5, 0.6) is 5.75 Å². The third kappa shape index (κ3) is 5.09. The topological polar surface area (TPSA) is 44.2 Å². The van der Waals surface area contributed by atoms with Crippen molar-refractivity contribution in [2.45, 2.75) is 11.9 Å². The first kappa shape index (κ1) is 22.0. The first-order valence-corrected chi connectivity index (χ1v) is 12.6. The number of rotatable bonds is 7. The molecule has 6 nitrogen and oxygen atoms in total. The van der Waals surface area contributed by atoms with E-state index in [1.54, 1.807) is 7.11 Å². The largest absolute Gasteiger partial charge is 0.497 e. The van der Waals surface area contributed by atoms with Crippen molar-refractivity contribution >= 4 is 34.7 Å². The summed E-state index contributed by atoms with van der Waals surface area (Å²) in [6.07, 6.45) is 3.34. The lowest BCUT2D eigenvalue weighted by molar-refractivity contribution is 0.258. The lowest BCUT2D eigenvalue weighted by Crippen LogP contribution is -2.47. The van der Waals surface area contributed by atoms with Crippen molar-refractivity contribution < 1.29 is 4.74 Å². The Hall–Kier alpha value is -2.77. The van der Waals surface area contributed by atoms with Gasteiger partial charge in [0, 0.05) is 50.0 Å². The van der Waals surface area contributed by atoms with E-state index in [1.165, 1.54) is 11.8 Å². The molecule has 1 saturated heterocycles. The fourth-order valence-electron chi connectivity index (χ4n) is 4.44. The lowest BCUT2D eigenvalue weighted by Gasteiger charge is -2.35. The molecule has 7 heteroatoms. The number of para-hydroxylation sites is 1. The Kier molecular flexibility index (Phi) is 6.69. The third-order valence-electron chi connectivity index (χ3n) is 6.34. The molecule has 2 aliphatic rings. The molecule has 1 aromatic heterocycles. The Morgan fingerprint density at radius 1 is 1.03 bits per heavy atom. The molecule has 2 aliphatic heterocycles. The monoisotopic (exact) mass is 461 g/mol. The summed E-state index contributed by atoms with van der Waals surface area (Å²) in [7, 11) is 3.80. The van der Waals surface area contributed by atoms with Crippen molar-refractivity contribution in [3.8, 4) is 5.75 Å². The molecular weight excluding hydrogens is 430 g/mol. The van der Waals surface area contributed by atoms with Crippen molar-refractivity contribution in [3.05, 3.63) is 65.2 Å². The number of piperazine rings is 1. The lowest BCUT2D eigenvalue weighted by atomic mass is 10.2. The van der Waals surface area contributed by atoms with Crippen molar-refractivity contribution in [1.29, 1.82) is 0 Å². The fourth-order valence-corrected chi connectivity index (χ4v) is 5.43. The van der Waals surface area contributed by atoms with Crippen LogP contribution in [0.1, 0.15) is 6.42 Å². The molecule has 0 aliphatic carbocycles. The van der Waals surface area contributed by atoms with Gasteiger partial charge in [-0.1, -0.05) is 18.2 Å². The van der Waals surface area contributed by atoms with Gasteiger partial charge in [0.15, 0.2) is 5.50 Å². The number of hydrogen-bond donors (Lipinski definition) is 0. The summed E-state index contributed by atoms with van der Waals surface area (Å²) in [4.78, 5) is 17.0. The highest BCUT2D eigenvalue weighted by molar-refractivity contribution is 7.99. The molecule has 3 heterocycles. The highest BCUT2D eigenvalue weighted by atomic mass is 32.2. The van der Waals surface area contributed by atoms with Gasteiger partial charge in [-0.15, -0.1) is 11.8 Å². The van der Waals surface area contributed by atoms with Crippen LogP contribution in [0.4, 0.5) is 5.82 Å². The number of benzene rings is 2. The maximum atomic E-state index is 5.33. The van der Waals surface area contributed by atoms with Crippen LogP contribution in [0, 0.1) is 0 Å². The first-order chi connectivity index (χ1) is 16.2. The van der Waals surface area contributed by atoms with E-state index in [2.05, 4.69) is 70.4 Å². The highest BCUT2D eigenvalue weighted by Crippen LogP contribution is 2.21. The second-order valence-electron chi connectivity index (χ2n) is 8.59. The number of thioether (sulfide) groups is 1. The third-order valence-corrected chi connectivity index (χ3v) is 7.60. The van der Waals surface area contributed by atoms with E-state index >= 15 is 0 Å². The Labute approximate surface area is 199 Å². The Morgan fingerprint density at radius 2 is 1.88 bits per heavy atom. The average molecular weight is 462 g/mol. The zero-order chi connectivity index (χ0) is 22.6. The first-order valence-electron chi connectivity index (χ1n) is 11.6. The van der Waals surface area contributed by atoms with Gasteiger partial charge in [0.1, 0.15) is 11.6 Å². The van der Waals surface area contributed by atoms with Gasteiger partial charge in [-0.2, -0.15) is 0 Å². The van der Waals surface area contributed by atoms with Crippen LogP contribution < -0.4 is 20.2 Å². The number of aromatic nitrogens is 1. The maximum Gasteiger partial charge on any atom is 0.169 e. The standard InChI is InChI=1S/C26H31N5OS/c1-29-19-21-18-22(32-2)9-10-24(21)28-26(29)33-17-5-12-30-13-15-31(16-14-30)25-11-8-20-6-3-4-7-23(20)27-25/h3-4,6-11,18-19,26H,5,12-17H2,1-2H3. The summed E-state index contributed by atoms with van der Waals surface area (Å²) in [5, 5.41) is 3.37. The summed E-state index contributed by atoms with van der Waals surface area (Å²) >= 11 is 1.92. The number of fused-ring (bicyclic) bond motifs is 2. The summed E-state index contributed by atoms with van der Waals surface area (Å²) in [6.45, 7) is 5.40. The van der Waals surface area contributed by atoms with E-state index in [-0.39, 0.29) is 5.50 Å². The molecule has 1 atom stereocenters. The van der Waals surface area contributed by atoms with Gasteiger partial charge >= 0.3 is 0 Å². The van der Waals surface area contributed by atoms with Gasteiger partial charge in [0.25, 0.3) is 0 Å². The second kappa shape index (κ2) is 10.0. The predicted molar refractivity (Wildman–Crippen MR) is 137 cm³/mol. The quantitative estimate of drug-likeness (QED) is 0.504. The second-order valence-corrected chi connectivity index (χ2v) is 9.75. The van der Waals surface area contributed by atoms with Crippen LogP contribution in [0.25, 0.3) is 17.1 Å². The molecule has 2 aromatic carbocycles. The predicted octanol–water partition coefficient (Wildman–Crippen LogP) is 2.78. The zero-order valence-electron chi connectivity index (χ0n) is 19.4. The molecule has 0 bridgehead atoms. The van der Waals surface area contributed by atoms with Gasteiger partial charge < -0.3 is 14.5 Å². The van der Waals surface area contributed by atoms with Crippen LogP contribution in [-0.2, 0) is 0 Å². The summed E-state index contributed by atoms with van der Waals surface area (Å²) < 4.78 is 5.33. The van der Waals surface area contributed by atoms with Crippen LogP contribution >= 0.6 is 11.8 Å². The van der Waals surface area contributed by atoms with Crippen molar-refractivity contribution in [2.24, 2.45) is 4.99 Å². The number of anilines is 1. The van der Waals surface area contributed by atoms with Gasteiger partial charge in [0.05, 0.1) is 18.0 Å². The van der Waals surface area contributed by atoms with Gasteiger partial charge in [-0.3, -0.25) is 4.90 Å². The zero-order valence-corrected chi connectivity index (χ0v) is 20.2.